The van der Waals surface area contributed by atoms with Gasteiger partial charge in [-0.25, -0.2) is 0 Å². The van der Waals surface area contributed by atoms with Crippen LogP contribution in [0.3, 0.4) is 0 Å². The van der Waals surface area contributed by atoms with Crippen LogP contribution in [0.2, 0.25) is 0 Å². The molecule has 3 aromatic carbocycles. The summed E-state index contributed by atoms with van der Waals surface area (Å²) in [5.74, 6) is 1.77. The number of methoxy groups -OCH3 is 2. The average molecular weight is 461 g/mol. The molecule has 1 unspecified atom stereocenters. The van der Waals surface area contributed by atoms with E-state index in [1.807, 2.05) is 48.5 Å². The van der Waals surface area contributed by atoms with Crippen LogP contribution in [-0.4, -0.2) is 43.2 Å². The van der Waals surface area contributed by atoms with Crippen LogP contribution in [0.25, 0.3) is 0 Å². The third-order valence-electron chi connectivity index (χ3n) is 6.14. The molecule has 1 fully saturated rings. The summed E-state index contributed by atoms with van der Waals surface area (Å²) in [6.07, 6.45) is 0. The third kappa shape index (κ3) is 3.43. The lowest BCUT2D eigenvalue weighted by Crippen LogP contribution is -2.50. The van der Waals surface area contributed by atoms with Crippen molar-refractivity contribution in [3.8, 4) is 11.5 Å². The summed E-state index contributed by atoms with van der Waals surface area (Å²) in [4.78, 5) is 30.2. The van der Waals surface area contributed by atoms with Crippen LogP contribution in [0.1, 0.15) is 21.5 Å². The number of hydrogen-bond donors (Lipinski definition) is 0. The Kier molecular flexibility index (Phi) is 5.50. The molecule has 0 saturated carbocycles. The van der Waals surface area contributed by atoms with Gasteiger partial charge in [-0.05, 0) is 42.0 Å². The number of amides is 2. The van der Waals surface area contributed by atoms with Crippen LogP contribution >= 0.6 is 11.8 Å². The highest BCUT2D eigenvalue weighted by atomic mass is 32.2. The second-order valence-corrected chi connectivity index (χ2v) is 9.23. The van der Waals surface area contributed by atoms with Crippen LogP contribution in [0.4, 0.5) is 5.69 Å². The van der Waals surface area contributed by atoms with Gasteiger partial charge in [0.05, 0.1) is 26.5 Å². The highest BCUT2D eigenvalue weighted by Gasteiger charge is 2.59. The molecule has 0 radical (unpaired) electrons. The fourth-order valence-corrected chi connectivity index (χ4v) is 6.05. The van der Waals surface area contributed by atoms with Crippen molar-refractivity contribution in [2.75, 3.05) is 31.4 Å². The number of carbonyl (C=O) groups excluding carboxylic acids is 2. The molecule has 1 saturated heterocycles. The summed E-state index contributed by atoms with van der Waals surface area (Å²) in [7, 11) is 3.20. The number of carbonyl (C=O) groups is 2. The second kappa shape index (κ2) is 8.48. The van der Waals surface area contributed by atoms with Crippen molar-refractivity contribution in [2.45, 2.75) is 11.4 Å². The Morgan fingerprint density at radius 2 is 1.70 bits per heavy atom. The Balaban J connectivity index is 1.55. The quantitative estimate of drug-likeness (QED) is 0.569. The van der Waals surface area contributed by atoms with Crippen molar-refractivity contribution >= 4 is 29.3 Å². The first-order valence-corrected chi connectivity index (χ1v) is 11.7. The smallest absolute Gasteiger partial charge is 0.268 e. The SMILES string of the molecule is COc1cccc(CN2C(=O)C3(SCCN3C(=O)c3cccc(OC)c3)c3ccccc32)c1. The van der Waals surface area contributed by atoms with Gasteiger partial charge in [0.25, 0.3) is 11.8 Å². The zero-order valence-electron chi connectivity index (χ0n) is 18.5. The standard InChI is InChI=1S/C26H24N2O4S/c1-31-20-9-5-7-18(15-20)17-27-23-12-4-3-11-22(23)26(25(27)30)28(13-14-33-26)24(29)19-8-6-10-21(16-19)32-2/h3-12,15-16H,13-14,17H2,1-2H3. The minimum atomic E-state index is -1.07. The van der Waals surface area contributed by atoms with E-state index in [9.17, 15) is 9.59 Å². The molecule has 1 spiro atoms. The van der Waals surface area contributed by atoms with Gasteiger partial charge in [0.1, 0.15) is 11.5 Å². The monoisotopic (exact) mass is 460 g/mol. The van der Waals surface area contributed by atoms with Gasteiger partial charge in [-0.1, -0.05) is 36.4 Å². The summed E-state index contributed by atoms with van der Waals surface area (Å²) >= 11 is 1.52. The van der Waals surface area contributed by atoms with Gasteiger partial charge in [-0.3, -0.25) is 9.59 Å². The molecule has 33 heavy (non-hydrogen) atoms. The number of anilines is 1. The molecule has 2 amide bonds. The number of thioether (sulfide) groups is 1. The zero-order valence-corrected chi connectivity index (χ0v) is 19.3. The van der Waals surface area contributed by atoms with Crippen LogP contribution in [0, 0.1) is 0 Å². The highest BCUT2D eigenvalue weighted by molar-refractivity contribution is 8.01. The van der Waals surface area contributed by atoms with E-state index in [-0.39, 0.29) is 11.8 Å². The Morgan fingerprint density at radius 1 is 0.970 bits per heavy atom. The molecule has 3 aromatic rings. The van der Waals surface area contributed by atoms with E-state index in [1.54, 1.807) is 48.3 Å². The molecule has 1 atom stereocenters. The Hall–Kier alpha value is -3.45. The Morgan fingerprint density at radius 3 is 2.48 bits per heavy atom. The van der Waals surface area contributed by atoms with Gasteiger partial charge < -0.3 is 19.3 Å². The molecule has 0 bridgehead atoms. The average Bonchev–Trinajstić information content (AvgIpc) is 3.41. The molecule has 2 heterocycles. The van der Waals surface area contributed by atoms with E-state index >= 15 is 0 Å². The largest absolute Gasteiger partial charge is 0.497 e. The van der Waals surface area contributed by atoms with Crippen molar-refractivity contribution in [1.29, 1.82) is 0 Å². The summed E-state index contributed by atoms with van der Waals surface area (Å²) in [5.41, 5.74) is 3.16. The summed E-state index contributed by atoms with van der Waals surface area (Å²) in [6, 6.07) is 22.6. The maximum Gasteiger partial charge on any atom is 0.268 e. The molecular formula is C26H24N2O4S. The normalized spacial score (nSPS) is 19.2. The van der Waals surface area contributed by atoms with E-state index in [4.69, 9.17) is 9.47 Å². The van der Waals surface area contributed by atoms with E-state index < -0.39 is 4.87 Å². The van der Waals surface area contributed by atoms with Crippen molar-refractivity contribution in [1.82, 2.24) is 4.90 Å². The van der Waals surface area contributed by atoms with Crippen LogP contribution in [0.5, 0.6) is 11.5 Å². The van der Waals surface area contributed by atoms with Gasteiger partial charge in [0.2, 0.25) is 0 Å². The predicted octanol–water partition coefficient (Wildman–Crippen LogP) is 4.29. The minimum absolute atomic E-state index is 0.0923. The van der Waals surface area contributed by atoms with E-state index in [0.717, 1.165) is 22.6 Å². The Labute approximate surface area is 197 Å². The number of ether oxygens (including phenoxy) is 2. The van der Waals surface area contributed by atoms with E-state index in [1.165, 1.54) is 11.8 Å². The molecule has 0 aromatic heterocycles. The molecule has 0 aliphatic carbocycles. The minimum Gasteiger partial charge on any atom is -0.497 e. The third-order valence-corrected chi connectivity index (χ3v) is 7.56. The molecule has 7 heteroatoms. The van der Waals surface area contributed by atoms with Gasteiger partial charge in [0, 0.05) is 23.4 Å². The lowest BCUT2D eigenvalue weighted by atomic mass is 10.0. The second-order valence-electron chi connectivity index (χ2n) is 7.94. The lowest BCUT2D eigenvalue weighted by Gasteiger charge is -2.33. The first-order chi connectivity index (χ1) is 16.1. The number of rotatable bonds is 5. The van der Waals surface area contributed by atoms with Crippen LogP contribution < -0.4 is 14.4 Å². The van der Waals surface area contributed by atoms with Gasteiger partial charge in [-0.15, -0.1) is 11.8 Å². The van der Waals surface area contributed by atoms with Gasteiger partial charge in [-0.2, -0.15) is 0 Å². The topological polar surface area (TPSA) is 59.1 Å². The van der Waals surface area contributed by atoms with Crippen molar-refractivity contribution < 1.29 is 19.1 Å². The first kappa shape index (κ1) is 21.4. The van der Waals surface area contributed by atoms with E-state index in [2.05, 4.69) is 0 Å². The number of hydrogen-bond acceptors (Lipinski definition) is 5. The number of para-hydroxylation sites is 1. The highest BCUT2D eigenvalue weighted by Crippen LogP contribution is 2.54. The molecule has 6 nitrogen and oxygen atoms in total. The summed E-state index contributed by atoms with van der Waals surface area (Å²) in [6.45, 7) is 0.893. The predicted molar refractivity (Wildman–Crippen MR) is 129 cm³/mol. The summed E-state index contributed by atoms with van der Waals surface area (Å²) < 4.78 is 10.7. The van der Waals surface area contributed by atoms with Gasteiger partial charge >= 0.3 is 0 Å². The van der Waals surface area contributed by atoms with Gasteiger partial charge in [0.15, 0.2) is 4.87 Å². The van der Waals surface area contributed by atoms with Crippen molar-refractivity contribution in [3.05, 3.63) is 89.5 Å². The fourth-order valence-electron chi connectivity index (χ4n) is 4.59. The molecule has 5 rings (SSSR count). The van der Waals surface area contributed by atoms with E-state index in [0.29, 0.717) is 30.2 Å². The fraction of sp³-hybridized carbons (Fsp3) is 0.231. The number of benzene rings is 3. The first-order valence-electron chi connectivity index (χ1n) is 10.7. The number of fused-ring (bicyclic) bond motifs is 2. The lowest BCUT2D eigenvalue weighted by molar-refractivity contribution is -0.123. The van der Waals surface area contributed by atoms with Crippen LogP contribution in [-0.2, 0) is 16.2 Å². The molecule has 2 aliphatic heterocycles. The molecule has 0 N–H and O–H groups in total. The molecule has 2 aliphatic rings. The van der Waals surface area contributed by atoms with Crippen molar-refractivity contribution in [3.63, 3.8) is 0 Å². The van der Waals surface area contributed by atoms with Crippen molar-refractivity contribution in [2.24, 2.45) is 0 Å². The molecular weight excluding hydrogens is 436 g/mol. The Bertz CT molecular complexity index is 1230. The van der Waals surface area contributed by atoms with Crippen LogP contribution in [0.15, 0.2) is 72.8 Å². The maximum atomic E-state index is 14.1. The number of nitrogens with zero attached hydrogens (tertiary/aromatic N) is 2. The summed E-state index contributed by atoms with van der Waals surface area (Å²) in [5, 5.41) is 0. The molecule has 168 valence electrons. The zero-order chi connectivity index (χ0) is 23.0. The maximum absolute atomic E-state index is 14.1.